The molecule has 0 atom stereocenters. The number of carbonyl (C=O) groups is 1. The summed E-state index contributed by atoms with van der Waals surface area (Å²) in [6, 6.07) is 16.0. The van der Waals surface area contributed by atoms with E-state index in [2.05, 4.69) is 106 Å². The van der Waals surface area contributed by atoms with Gasteiger partial charge in [-0.2, -0.15) is 0 Å². The molecule has 1 saturated heterocycles. The highest BCUT2D eigenvalue weighted by atomic mass is 16.7. The van der Waals surface area contributed by atoms with Gasteiger partial charge in [-0.25, -0.2) is 0 Å². The van der Waals surface area contributed by atoms with Crippen molar-refractivity contribution in [2.75, 3.05) is 6.61 Å². The van der Waals surface area contributed by atoms with Crippen LogP contribution in [0.3, 0.4) is 0 Å². The molecule has 1 radical (unpaired) electrons. The molecule has 0 N–H and O–H groups in total. The standard InChI is InChI=1S/C17H24BO.C9H8O2.C7H15BO2/c1-13-7-11-15(12-8-13)18(6)19-17(4,5)16(2,3)14-9-10-14;10-8-5-6-11-9-4-2-1-3-7(8)9;1-6(2)7(3,4)10-8(5)9-6/h7-12H,1-6H3;1-4H,5-6H2;1-5H3. The maximum absolute atomic E-state index is 11.2. The van der Waals surface area contributed by atoms with Gasteiger partial charge in [-0.3, -0.25) is 4.79 Å². The van der Waals surface area contributed by atoms with E-state index in [1.807, 2.05) is 25.0 Å². The zero-order chi connectivity index (χ0) is 29.9. The third-order valence-electron chi connectivity index (χ3n) is 8.72. The molecule has 0 aromatic heterocycles. The van der Waals surface area contributed by atoms with Gasteiger partial charge in [0, 0.05) is 18.3 Å². The first kappa shape index (κ1) is 32.2. The largest absolute Gasteiger partial charge is 0.492 e. The van der Waals surface area contributed by atoms with E-state index in [9.17, 15) is 4.79 Å². The molecule has 0 spiro atoms. The van der Waals surface area contributed by atoms with Crippen molar-refractivity contribution < 1.29 is 23.5 Å². The number of hydrogen-bond donors (Lipinski definition) is 0. The molecule has 2 heterocycles. The smallest absolute Gasteiger partial charge is 0.454 e. The molecule has 7 heteroatoms. The Morgan fingerprint density at radius 1 is 0.925 bits per heavy atom. The summed E-state index contributed by atoms with van der Waals surface area (Å²) < 4.78 is 22.7. The Kier molecular flexibility index (Phi) is 9.86. The van der Waals surface area contributed by atoms with Crippen molar-refractivity contribution in [1.29, 1.82) is 0 Å². The van der Waals surface area contributed by atoms with Gasteiger partial charge in [-0.1, -0.05) is 74.3 Å². The number of fused-ring (bicyclic) bond motifs is 1. The molecule has 0 saturated carbocycles. The lowest BCUT2D eigenvalue weighted by Gasteiger charge is -2.42. The van der Waals surface area contributed by atoms with Gasteiger partial charge in [0.05, 0.1) is 29.0 Å². The Morgan fingerprint density at radius 3 is 1.95 bits per heavy atom. The number of carbonyl (C=O) groups excluding carboxylic acids is 1. The number of para-hydroxylation sites is 1. The number of benzene rings is 2. The van der Waals surface area contributed by atoms with Crippen molar-refractivity contribution in [1.82, 2.24) is 0 Å². The van der Waals surface area contributed by atoms with Gasteiger partial charge in [-0.05, 0) is 72.9 Å². The molecule has 3 aliphatic rings. The average molecular weight is 545 g/mol. The fraction of sp³-hybridized carbons (Fsp3) is 0.515. The van der Waals surface area contributed by atoms with Crippen LogP contribution in [0.4, 0.5) is 0 Å². The monoisotopic (exact) mass is 545 g/mol. The Morgan fingerprint density at radius 2 is 1.48 bits per heavy atom. The lowest BCUT2D eigenvalue weighted by Crippen LogP contribution is -2.48. The van der Waals surface area contributed by atoms with Gasteiger partial charge in [0.25, 0.3) is 0 Å². The first-order chi connectivity index (χ1) is 18.5. The number of ketones is 1. The van der Waals surface area contributed by atoms with Crippen LogP contribution in [0, 0.1) is 18.8 Å². The SMILES string of the molecule is CB(OC(C)(C)C(C)(C)C1=C[CH]1)c1ccc(C)cc1.CB1OC(C)(C)C(C)(C)O1.O=C1CCOc2ccccc21. The van der Waals surface area contributed by atoms with Gasteiger partial charge >= 0.3 is 14.0 Å². The van der Waals surface area contributed by atoms with Crippen molar-refractivity contribution >= 4 is 25.3 Å². The van der Waals surface area contributed by atoms with Crippen LogP contribution in [0.15, 0.2) is 60.2 Å². The summed E-state index contributed by atoms with van der Waals surface area (Å²) in [4.78, 5) is 11.2. The molecule has 1 aliphatic carbocycles. The quantitative estimate of drug-likeness (QED) is 0.374. The minimum Gasteiger partial charge on any atom is -0.492 e. The van der Waals surface area contributed by atoms with Gasteiger partial charge in [0.2, 0.25) is 0 Å². The van der Waals surface area contributed by atoms with Crippen LogP contribution in [0.2, 0.25) is 13.6 Å². The number of Topliss-reactive ketones (excluding diaryl/α,β-unsaturated/α-hetero) is 1. The molecule has 0 amide bonds. The fourth-order valence-corrected chi connectivity index (χ4v) is 4.65. The van der Waals surface area contributed by atoms with Gasteiger partial charge < -0.3 is 18.7 Å². The van der Waals surface area contributed by atoms with E-state index < -0.39 is 0 Å². The molecule has 1 fully saturated rings. The van der Waals surface area contributed by atoms with Crippen LogP contribution >= 0.6 is 0 Å². The van der Waals surface area contributed by atoms with E-state index in [1.54, 1.807) is 6.07 Å². The van der Waals surface area contributed by atoms with Crippen LogP contribution in [0.1, 0.15) is 77.7 Å². The second kappa shape index (κ2) is 12.3. The molecule has 215 valence electrons. The van der Waals surface area contributed by atoms with E-state index in [-0.39, 0.29) is 42.0 Å². The lowest BCUT2D eigenvalue weighted by molar-refractivity contribution is 0.00578. The van der Waals surface area contributed by atoms with E-state index in [1.165, 1.54) is 16.6 Å². The minimum atomic E-state index is -0.198. The minimum absolute atomic E-state index is 0.0476. The maximum Gasteiger partial charge on any atom is 0.454 e. The number of rotatable bonds is 5. The van der Waals surface area contributed by atoms with Crippen molar-refractivity contribution in [3.63, 3.8) is 0 Å². The Hall–Kier alpha value is -2.34. The average Bonchev–Trinajstić information content (AvgIpc) is 3.68. The second-order valence-corrected chi connectivity index (χ2v) is 12.9. The summed E-state index contributed by atoms with van der Waals surface area (Å²) in [6.45, 7) is 23.9. The molecule has 40 heavy (non-hydrogen) atoms. The Bertz CT molecular complexity index is 1180. The second-order valence-electron chi connectivity index (χ2n) is 12.9. The first-order valence-electron chi connectivity index (χ1n) is 14.4. The van der Waals surface area contributed by atoms with Gasteiger partial charge in [0.1, 0.15) is 5.75 Å². The topological polar surface area (TPSA) is 54.0 Å². The molecule has 5 rings (SSSR count). The molecule has 0 bridgehead atoms. The van der Waals surface area contributed by atoms with Gasteiger partial charge in [0.15, 0.2) is 5.78 Å². The summed E-state index contributed by atoms with van der Waals surface area (Å²) in [5, 5.41) is 0. The first-order valence-corrected chi connectivity index (χ1v) is 14.4. The van der Waals surface area contributed by atoms with E-state index in [0.29, 0.717) is 13.0 Å². The summed E-state index contributed by atoms with van der Waals surface area (Å²) in [7, 11) is -0.0648. The van der Waals surface area contributed by atoms with E-state index >= 15 is 0 Å². The van der Waals surface area contributed by atoms with Crippen molar-refractivity contribution in [3.05, 3.63) is 77.7 Å². The van der Waals surface area contributed by atoms with Gasteiger partial charge in [-0.15, -0.1) is 0 Å². The number of ether oxygens (including phenoxy) is 1. The highest BCUT2D eigenvalue weighted by Crippen LogP contribution is 2.47. The fourth-order valence-electron chi connectivity index (χ4n) is 4.65. The van der Waals surface area contributed by atoms with Crippen LogP contribution in [0.5, 0.6) is 5.75 Å². The lowest BCUT2D eigenvalue weighted by atomic mass is 9.61. The third-order valence-corrected chi connectivity index (χ3v) is 8.72. The zero-order valence-electron chi connectivity index (χ0n) is 26.4. The normalized spacial score (nSPS) is 18.7. The molecular weight excluding hydrogens is 498 g/mol. The highest BCUT2D eigenvalue weighted by Gasteiger charge is 2.49. The number of aryl methyl sites for hydroxylation is 1. The number of hydrogen-bond acceptors (Lipinski definition) is 5. The van der Waals surface area contributed by atoms with Crippen LogP contribution in [-0.2, 0) is 14.0 Å². The maximum atomic E-state index is 11.2. The molecule has 2 aromatic rings. The summed E-state index contributed by atoms with van der Waals surface area (Å²) in [6.07, 6.45) is 4.88. The summed E-state index contributed by atoms with van der Waals surface area (Å²) in [5.41, 5.74) is 4.17. The molecule has 2 aliphatic heterocycles. The van der Waals surface area contributed by atoms with E-state index in [4.69, 9.17) is 18.7 Å². The molecule has 5 nitrogen and oxygen atoms in total. The van der Waals surface area contributed by atoms with Crippen LogP contribution in [-0.4, -0.2) is 43.2 Å². The predicted octanol–water partition coefficient (Wildman–Crippen LogP) is 7.15. The highest BCUT2D eigenvalue weighted by molar-refractivity contribution is 6.66. The third kappa shape index (κ3) is 7.69. The van der Waals surface area contributed by atoms with Crippen LogP contribution < -0.4 is 10.2 Å². The van der Waals surface area contributed by atoms with Crippen LogP contribution in [0.25, 0.3) is 0 Å². The molecule has 0 unspecified atom stereocenters. The Labute approximate surface area is 243 Å². The Balaban J connectivity index is 0.000000178. The predicted molar refractivity (Wildman–Crippen MR) is 167 cm³/mol. The van der Waals surface area contributed by atoms with Crippen molar-refractivity contribution in [3.8, 4) is 5.75 Å². The molecular formula is C33H47B2O5. The summed E-state index contributed by atoms with van der Waals surface area (Å²) >= 11 is 0. The van der Waals surface area contributed by atoms with E-state index in [0.717, 1.165) is 11.3 Å². The summed E-state index contributed by atoms with van der Waals surface area (Å²) in [5.74, 6) is 0.913. The number of allylic oxidation sites excluding steroid dienone is 1. The zero-order valence-corrected chi connectivity index (χ0v) is 26.4. The van der Waals surface area contributed by atoms with Crippen molar-refractivity contribution in [2.45, 2.75) is 99.2 Å². The van der Waals surface area contributed by atoms with Crippen molar-refractivity contribution in [2.24, 2.45) is 5.41 Å². The molecule has 2 aromatic carbocycles.